The van der Waals surface area contributed by atoms with E-state index in [9.17, 15) is 4.79 Å². The maximum absolute atomic E-state index is 11.1. The van der Waals surface area contributed by atoms with Crippen LogP contribution >= 0.6 is 0 Å². The summed E-state index contributed by atoms with van der Waals surface area (Å²) in [5, 5.41) is 2.79. The van der Waals surface area contributed by atoms with Gasteiger partial charge in [-0.15, -0.1) is 0 Å². The Kier molecular flexibility index (Phi) is 1.94. The van der Waals surface area contributed by atoms with E-state index < -0.39 is 11.6 Å². The van der Waals surface area contributed by atoms with Crippen molar-refractivity contribution in [3.8, 4) is 0 Å². The summed E-state index contributed by atoms with van der Waals surface area (Å²) in [6.07, 6.45) is 4.93. The normalized spacial score (nSPS) is 27.8. The van der Waals surface area contributed by atoms with Crippen LogP contribution in [0.15, 0.2) is 17.3 Å². The molecule has 4 heteroatoms. The number of ether oxygens (including phenoxy) is 1. The third kappa shape index (κ3) is 1.39. The average molecular weight is 154 g/mol. The number of methoxy groups -OCH3 is 1. The number of carbonyl (C=O) groups excluding carboxylic acids is 1. The zero-order valence-electron chi connectivity index (χ0n) is 6.50. The van der Waals surface area contributed by atoms with E-state index >= 15 is 0 Å². The Morgan fingerprint density at radius 1 is 1.73 bits per heavy atom. The summed E-state index contributed by atoms with van der Waals surface area (Å²) < 4.78 is 4.54. The van der Waals surface area contributed by atoms with E-state index in [0.717, 1.165) is 0 Å². The molecule has 0 aliphatic carbocycles. The fourth-order valence-electron chi connectivity index (χ4n) is 0.793. The van der Waals surface area contributed by atoms with Crippen molar-refractivity contribution in [2.24, 2.45) is 4.99 Å². The molecule has 1 unspecified atom stereocenters. The van der Waals surface area contributed by atoms with Crippen molar-refractivity contribution in [1.82, 2.24) is 5.32 Å². The molecular weight excluding hydrogens is 144 g/mol. The molecule has 0 spiro atoms. The fourth-order valence-corrected chi connectivity index (χ4v) is 0.793. The van der Waals surface area contributed by atoms with Gasteiger partial charge in [0.2, 0.25) is 5.66 Å². The molecular formula is C7H10N2O2. The monoisotopic (exact) mass is 154 g/mol. The van der Waals surface area contributed by atoms with Gasteiger partial charge in [-0.1, -0.05) is 0 Å². The lowest BCUT2D eigenvalue weighted by molar-refractivity contribution is -0.147. The zero-order valence-corrected chi connectivity index (χ0v) is 6.50. The number of carbonyl (C=O) groups is 1. The predicted octanol–water partition coefficient (Wildman–Crippen LogP) is 0.0633. The second kappa shape index (κ2) is 2.74. The van der Waals surface area contributed by atoms with Gasteiger partial charge in [0.05, 0.1) is 7.11 Å². The number of hydrogen-bond acceptors (Lipinski definition) is 4. The first kappa shape index (κ1) is 7.78. The minimum absolute atomic E-state index is 0.391. The lowest BCUT2D eigenvalue weighted by atomic mass is 10.2. The first-order chi connectivity index (χ1) is 5.19. The van der Waals surface area contributed by atoms with E-state index in [1.807, 2.05) is 0 Å². The highest BCUT2D eigenvalue weighted by Crippen LogP contribution is 2.09. The third-order valence-electron chi connectivity index (χ3n) is 1.46. The lowest BCUT2D eigenvalue weighted by Crippen LogP contribution is -2.47. The topological polar surface area (TPSA) is 50.7 Å². The van der Waals surface area contributed by atoms with Gasteiger partial charge in [0.25, 0.3) is 0 Å². The molecule has 1 N–H and O–H groups in total. The highest BCUT2D eigenvalue weighted by atomic mass is 16.5. The highest BCUT2D eigenvalue weighted by Gasteiger charge is 2.32. The molecule has 1 atom stereocenters. The van der Waals surface area contributed by atoms with Gasteiger partial charge in [0.1, 0.15) is 0 Å². The Morgan fingerprint density at radius 3 is 2.91 bits per heavy atom. The van der Waals surface area contributed by atoms with Gasteiger partial charge >= 0.3 is 5.97 Å². The fraction of sp³-hybridized carbons (Fsp3) is 0.429. The van der Waals surface area contributed by atoms with Gasteiger partial charge in [-0.2, -0.15) is 0 Å². The maximum atomic E-state index is 11.1. The van der Waals surface area contributed by atoms with Crippen LogP contribution in [0.4, 0.5) is 0 Å². The minimum Gasteiger partial charge on any atom is -0.466 e. The first-order valence-corrected chi connectivity index (χ1v) is 3.25. The van der Waals surface area contributed by atoms with Gasteiger partial charge in [0, 0.05) is 12.4 Å². The summed E-state index contributed by atoms with van der Waals surface area (Å²) in [7, 11) is 1.34. The van der Waals surface area contributed by atoms with E-state index in [0.29, 0.717) is 0 Å². The molecule has 1 heterocycles. The lowest BCUT2D eigenvalue weighted by Gasteiger charge is -2.23. The zero-order chi connectivity index (χ0) is 8.32. The molecule has 1 rings (SSSR count). The summed E-state index contributed by atoms with van der Waals surface area (Å²) in [5.41, 5.74) is -0.941. The quantitative estimate of drug-likeness (QED) is 0.543. The molecule has 0 saturated heterocycles. The molecule has 0 fully saturated rings. The van der Waals surface area contributed by atoms with Crippen molar-refractivity contribution in [2.45, 2.75) is 12.6 Å². The number of nitrogens with zero attached hydrogens (tertiary/aromatic N) is 1. The van der Waals surface area contributed by atoms with Gasteiger partial charge < -0.3 is 10.1 Å². The van der Waals surface area contributed by atoms with Crippen molar-refractivity contribution in [3.05, 3.63) is 12.3 Å². The van der Waals surface area contributed by atoms with Crippen molar-refractivity contribution in [3.63, 3.8) is 0 Å². The summed E-state index contributed by atoms with van der Waals surface area (Å²) in [6.45, 7) is 1.65. The van der Waals surface area contributed by atoms with Crippen LogP contribution in [0.5, 0.6) is 0 Å². The smallest absolute Gasteiger partial charge is 0.354 e. The Morgan fingerprint density at radius 2 is 2.45 bits per heavy atom. The average Bonchev–Trinajstić information content (AvgIpc) is 2.04. The third-order valence-corrected chi connectivity index (χ3v) is 1.46. The molecule has 11 heavy (non-hydrogen) atoms. The van der Waals surface area contributed by atoms with Crippen LogP contribution in [-0.4, -0.2) is 25.0 Å². The Hall–Kier alpha value is -1.32. The second-order valence-corrected chi connectivity index (χ2v) is 2.35. The summed E-state index contributed by atoms with van der Waals surface area (Å²) in [4.78, 5) is 15.0. The maximum Gasteiger partial charge on any atom is 0.354 e. The molecule has 0 aromatic carbocycles. The van der Waals surface area contributed by atoms with Crippen molar-refractivity contribution in [1.29, 1.82) is 0 Å². The van der Waals surface area contributed by atoms with E-state index in [4.69, 9.17) is 0 Å². The number of rotatable bonds is 1. The van der Waals surface area contributed by atoms with Gasteiger partial charge in [-0.25, -0.2) is 4.79 Å². The van der Waals surface area contributed by atoms with Crippen LogP contribution in [0, 0.1) is 0 Å². The van der Waals surface area contributed by atoms with Crippen molar-refractivity contribution in [2.75, 3.05) is 7.11 Å². The Labute approximate surface area is 65.0 Å². The van der Waals surface area contributed by atoms with Gasteiger partial charge in [-0.3, -0.25) is 4.99 Å². The molecule has 0 aromatic rings. The number of hydrogen-bond donors (Lipinski definition) is 1. The molecule has 0 aromatic heterocycles. The number of allylic oxidation sites excluding steroid dienone is 1. The second-order valence-electron chi connectivity index (χ2n) is 2.35. The standard InChI is InChI=1S/C7H10N2O2/c1-7(6(10)11-2)8-4-3-5-9-7/h3-5,8H,1-2H3. The Bertz CT molecular complexity index is 222. The van der Waals surface area contributed by atoms with Crippen LogP contribution in [0.1, 0.15) is 6.92 Å². The first-order valence-electron chi connectivity index (χ1n) is 3.25. The molecule has 60 valence electrons. The Balaban J connectivity index is 2.75. The van der Waals surface area contributed by atoms with Crippen LogP contribution in [0.2, 0.25) is 0 Å². The van der Waals surface area contributed by atoms with E-state index in [2.05, 4.69) is 15.0 Å². The van der Waals surface area contributed by atoms with Crippen LogP contribution < -0.4 is 5.32 Å². The molecule has 0 radical (unpaired) electrons. The summed E-state index contributed by atoms with van der Waals surface area (Å²) in [6, 6.07) is 0. The summed E-state index contributed by atoms with van der Waals surface area (Å²) in [5.74, 6) is -0.391. The highest BCUT2D eigenvalue weighted by molar-refractivity contribution is 5.85. The molecule has 1 aliphatic heterocycles. The number of esters is 1. The van der Waals surface area contributed by atoms with Crippen LogP contribution in [-0.2, 0) is 9.53 Å². The molecule has 1 aliphatic rings. The summed E-state index contributed by atoms with van der Waals surface area (Å²) >= 11 is 0. The van der Waals surface area contributed by atoms with E-state index in [-0.39, 0.29) is 0 Å². The largest absolute Gasteiger partial charge is 0.466 e. The van der Waals surface area contributed by atoms with Gasteiger partial charge in [0.15, 0.2) is 0 Å². The van der Waals surface area contributed by atoms with Crippen LogP contribution in [0.25, 0.3) is 0 Å². The van der Waals surface area contributed by atoms with Gasteiger partial charge in [-0.05, 0) is 13.0 Å². The van der Waals surface area contributed by atoms with Crippen molar-refractivity contribution >= 4 is 12.2 Å². The van der Waals surface area contributed by atoms with E-state index in [1.165, 1.54) is 7.11 Å². The van der Waals surface area contributed by atoms with Crippen LogP contribution in [0.3, 0.4) is 0 Å². The number of nitrogens with one attached hydrogen (secondary N) is 1. The molecule has 4 nitrogen and oxygen atoms in total. The number of aliphatic imine (C=N–C) groups is 1. The predicted molar refractivity (Wildman–Crippen MR) is 41.2 cm³/mol. The molecule has 0 amide bonds. The minimum atomic E-state index is -0.941. The van der Waals surface area contributed by atoms with Crippen molar-refractivity contribution < 1.29 is 9.53 Å². The van der Waals surface area contributed by atoms with E-state index in [1.54, 1.807) is 25.4 Å². The molecule has 0 bridgehead atoms. The molecule has 0 saturated carbocycles. The SMILES string of the molecule is COC(=O)C1(C)N=CC=CN1.